The Morgan fingerprint density at radius 2 is 0.238 bits per heavy atom. The van der Waals surface area contributed by atoms with Gasteiger partial charge in [-0.3, -0.25) is 0 Å². The van der Waals surface area contributed by atoms with Gasteiger partial charge in [0.1, 0.15) is 24.3 Å². The summed E-state index contributed by atoms with van der Waals surface area (Å²) in [6.45, 7) is 0. The number of hydrogen-bond donors (Lipinski definition) is 0. The second-order valence-corrected chi connectivity index (χ2v) is 30.6. The van der Waals surface area contributed by atoms with E-state index in [1.54, 1.807) is 0 Å². The van der Waals surface area contributed by atoms with Gasteiger partial charge < -0.3 is 9.80 Å². The van der Waals surface area contributed by atoms with Crippen LogP contribution in [0, 0.1) is 45.3 Å². The molecule has 0 aliphatic rings. The van der Waals surface area contributed by atoms with E-state index in [-0.39, 0.29) is 0 Å². The average Bonchev–Trinajstić information content (AvgIpc) is 1.02. The van der Waals surface area contributed by atoms with Gasteiger partial charge in [0.25, 0.3) is 0 Å². The van der Waals surface area contributed by atoms with Crippen LogP contribution < -0.4 is 9.80 Å². The molecule has 590 valence electrons. The number of rotatable bonds is 23. The molecule has 0 radical (unpaired) electrons. The highest BCUT2D eigenvalue weighted by Crippen LogP contribution is 2.44. The summed E-state index contributed by atoms with van der Waals surface area (Å²) in [6.07, 6.45) is 0. The maximum absolute atomic E-state index is 10.8. The van der Waals surface area contributed by atoms with Gasteiger partial charge in [-0.1, -0.05) is 413 Å². The van der Waals surface area contributed by atoms with Gasteiger partial charge in [-0.25, -0.2) is 0 Å². The molecule has 0 aliphatic carbocycles. The molecule has 0 aromatic heterocycles. The first-order valence-corrected chi connectivity index (χ1v) is 42.0. The molecule has 126 heavy (non-hydrogen) atoms. The number of anilines is 6. The zero-order valence-corrected chi connectivity index (χ0v) is 68.9. The summed E-state index contributed by atoms with van der Waals surface area (Å²) in [4.78, 5) is 4.58. The number of benzene rings is 18. The molecule has 0 saturated heterocycles. The van der Waals surface area contributed by atoms with Gasteiger partial charge in [-0.05, 0) is 195 Å². The van der Waals surface area contributed by atoms with Crippen molar-refractivity contribution in [2.24, 2.45) is 0 Å². The molecule has 18 rings (SSSR count). The van der Waals surface area contributed by atoms with E-state index in [9.17, 15) is 21.0 Å². The Labute approximate surface area is 736 Å². The number of hydrogen-bond acceptors (Lipinski definition) is 6. The van der Waals surface area contributed by atoms with E-state index in [1.807, 2.05) is 146 Å². The second kappa shape index (κ2) is 37.4. The van der Waals surface area contributed by atoms with E-state index < -0.39 is 0 Å². The van der Waals surface area contributed by atoms with Crippen molar-refractivity contribution in [2.45, 2.75) is 0 Å². The molecule has 0 amide bonds. The zero-order chi connectivity index (χ0) is 85.3. The molecule has 6 nitrogen and oxygen atoms in total. The van der Waals surface area contributed by atoms with Crippen molar-refractivity contribution in [1.82, 2.24) is 0 Å². The molecule has 0 unspecified atom stereocenters. The predicted octanol–water partition coefficient (Wildman–Crippen LogP) is 30.9. The van der Waals surface area contributed by atoms with Crippen LogP contribution in [0.5, 0.6) is 0 Å². The van der Waals surface area contributed by atoms with Crippen molar-refractivity contribution >= 4 is 78.7 Å². The summed E-state index contributed by atoms with van der Waals surface area (Å²) in [5.74, 6) is 0. The molecule has 0 aliphatic heterocycles. The van der Waals surface area contributed by atoms with Crippen LogP contribution in [0.3, 0.4) is 0 Å². The lowest BCUT2D eigenvalue weighted by Gasteiger charge is -2.27. The minimum absolute atomic E-state index is 0.604. The Bertz CT molecular complexity index is 6160. The SMILES string of the molecule is N#CC(=C(c1ccccc1)c1ccccc1)c1ccc(-c2ccc(N(c3ccc(-c4ccc(C(C#N)=C(c5ccccc5)c5ccccc5)cc4)cc3)c3ccc(-c4ccc(N(c5ccc(-c6ccc(C(C#N)=C(c7ccccc7)c7ccccc7)cc6)cc5)c5ccc(-c6ccc(C(C#N)=C(c7ccccc7)c7ccccc7)cc6)cc5)cc4)cc3)cc2)cc1. The number of nitriles is 4. The monoisotopic (exact) mass is 1600 g/mol. The van der Waals surface area contributed by atoms with Gasteiger partial charge in [-0.15, -0.1) is 0 Å². The van der Waals surface area contributed by atoms with Crippen LogP contribution in [0.25, 0.3) is 100 Å². The largest absolute Gasteiger partial charge is 0.311 e. The Kier molecular flexibility index (Phi) is 23.6. The zero-order valence-electron chi connectivity index (χ0n) is 68.9. The van der Waals surface area contributed by atoms with Crippen molar-refractivity contribution in [3.8, 4) is 79.9 Å². The molecule has 0 bridgehead atoms. The summed E-state index contributed by atoms with van der Waals surface area (Å²) in [7, 11) is 0. The Morgan fingerprint density at radius 1 is 0.127 bits per heavy atom. The first kappa shape index (κ1) is 79.6. The fraction of sp³-hybridized carbons (Fsp3) is 0. The average molecular weight is 1610 g/mol. The minimum atomic E-state index is 0.604. The highest BCUT2D eigenvalue weighted by molar-refractivity contribution is 6.07. The van der Waals surface area contributed by atoms with Crippen molar-refractivity contribution in [1.29, 1.82) is 21.0 Å². The van der Waals surface area contributed by atoms with Gasteiger partial charge in [0.05, 0.1) is 22.3 Å². The van der Waals surface area contributed by atoms with Gasteiger partial charge >= 0.3 is 0 Å². The highest BCUT2D eigenvalue weighted by atomic mass is 15.1. The van der Waals surface area contributed by atoms with Crippen LogP contribution in [0.1, 0.15) is 66.8 Å². The summed E-state index contributed by atoms with van der Waals surface area (Å²) < 4.78 is 0. The third-order valence-corrected chi connectivity index (χ3v) is 23.1. The quantitative estimate of drug-likeness (QED) is 0.0467. The molecule has 0 atom stereocenters. The topological polar surface area (TPSA) is 102 Å². The first-order valence-electron chi connectivity index (χ1n) is 42.0. The molecule has 0 N–H and O–H groups in total. The molecule has 0 spiro atoms. The van der Waals surface area contributed by atoms with Gasteiger partial charge in [0, 0.05) is 56.4 Å². The van der Waals surface area contributed by atoms with E-state index >= 15 is 0 Å². The Balaban J connectivity index is 0.667. The van der Waals surface area contributed by atoms with Gasteiger partial charge in [0.2, 0.25) is 0 Å². The summed E-state index contributed by atoms with van der Waals surface area (Å²) in [6, 6.07) is 177. The van der Waals surface area contributed by atoms with Crippen LogP contribution in [0.2, 0.25) is 0 Å². The normalized spacial score (nSPS) is 10.7. The summed E-state index contributed by atoms with van der Waals surface area (Å²) in [5.41, 5.74) is 33.3. The standard InChI is InChI=1S/C120H80N6/c121-81-113(117(99-25-9-1-10-26-99)100-27-11-2-12-28-100)95-49-41-85(42-50-95)89-57-69-107(70-58-89)125(108-71-59-90(60-72-108)86-43-51-96(52-44-86)114(82-122)118(101-29-13-3-14-30-101)102-31-15-4-16-32-102)111-77-65-93(66-78-111)94-67-79-112(80-68-94)126(109-73-61-91(62-74-109)87-45-53-97(54-46-87)115(83-123)119(103-33-17-5-18-34-103)104-35-19-6-20-36-104)110-75-63-92(64-76-110)88-47-55-98(56-48-88)116(84-124)120(105-37-21-7-22-38-105)106-39-23-8-24-40-106/h1-80H. The maximum Gasteiger partial charge on any atom is 0.100 e. The smallest absolute Gasteiger partial charge is 0.100 e. The lowest BCUT2D eigenvalue weighted by atomic mass is 9.89. The molecule has 18 aromatic carbocycles. The van der Waals surface area contributed by atoms with Crippen molar-refractivity contribution in [3.63, 3.8) is 0 Å². The van der Waals surface area contributed by atoms with E-state index in [0.717, 1.165) is 179 Å². The van der Waals surface area contributed by atoms with Crippen LogP contribution >= 0.6 is 0 Å². The van der Waals surface area contributed by atoms with E-state index in [4.69, 9.17) is 0 Å². The third-order valence-electron chi connectivity index (χ3n) is 23.1. The molecule has 0 saturated carbocycles. The van der Waals surface area contributed by atoms with E-state index in [0.29, 0.717) is 22.3 Å². The number of nitrogens with zero attached hydrogens (tertiary/aromatic N) is 6. The van der Waals surface area contributed by atoms with Crippen LogP contribution in [0.15, 0.2) is 485 Å². The molecular weight excluding hydrogens is 1530 g/mol. The molecular formula is C120H80N6. The molecule has 6 heteroatoms. The summed E-state index contributed by atoms with van der Waals surface area (Å²) in [5, 5.41) is 43.4. The fourth-order valence-electron chi connectivity index (χ4n) is 16.7. The van der Waals surface area contributed by atoms with Crippen LogP contribution in [-0.4, -0.2) is 0 Å². The molecule has 18 aromatic rings. The lowest BCUT2D eigenvalue weighted by molar-refractivity contribution is 1.28. The van der Waals surface area contributed by atoms with Crippen LogP contribution in [0.4, 0.5) is 34.1 Å². The first-order chi connectivity index (χ1) is 62.3. The highest BCUT2D eigenvalue weighted by Gasteiger charge is 2.23. The Hall–Kier alpha value is -17.5. The van der Waals surface area contributed by atoms with Crippen molar-refractivity contribution < 1.29 is 0 Å². The van der Waals surface area contributed by atoms with E-state index in [2.05, 4.69) is 374 Å². The minimum Gasteiger partial charge on any atom is -0.311 e. The Morgan fingerprint density at radius 3 is 0.349 bits per heavy atom. The van der Waals surface area contributed by atoms with Crippen molar-refractivity contribution in [2.75, 3.05) is 9.80 Å². The number of allylic oxidation sites excluding steroid dienone is 4. The van der Waals surface area contributed by atoms with Crippen molar-refractivity contribution in [3.05, 3.63) is 552 Å². The molecule has 0 fully saturated rings. The van der Waals surface area contributed by atoms with E-state index in [1.165, 1.54) is 0 Å². The maximum atomic E-state index is 10.8. The fourth-order valence-corrected chi connectivity index (χ4v) is 16.7. The third kappa shape index (κ3) is 17.2. The van der Waals surface area contributed by atoms with Crippen LogP contribution in [-0.2, 0) is 0 Å². The second-order valence-electron chi connectivity index (χ2n) is 30.6. The van der Waals surface area contributed by atoms with Gasteiger partial charge in [0.15, 0.2) is 0 Å². The van der Waals surface area contributed by atoms with Gasteiger partial charge in [-0.2, -0.15) is 21.0 Å². The predicted molar refractivity (Wildman–Crippen MR) is 521 cm³/mol. The summed E-state index contributed by atoms with van der Waals surface area (Å²) >= 11 is 0. The molecule has 0 heterocycles. The lowest BCUT2D eigenvalue weighted by Crippen LogP contribution is -2.10.